The number of nitrogens with zero attached hydrogens (tertiary/aromatic N) is 1. The number of fused-ring (bicyclic) bond motifs is 1. The number of nitrogens with one attached hydrogen (secondary N) is 2. The van der Waals surface area contributed by atoms with E-state index in [9.17, 15) is 18.0 Å². The zero-order valence-corrected chi connectivity index (χ0v) is 17.6. The van der Waals surface area contributed by atoms with Crippen molar-refractivity contribution >= 4 is 32.7 Å². The van der Waals surface area contributed by atoms with Crippen LogP contribution in [0.25, 0.3) is 11.1 Å². The number of hydrogen-bond donors (Lipinski definition) is 2. The summed E-state index contributed by atoms with van der Waals surface area (Å²) in [5, 5.41) is 2.90. The first-order chi connectivity index (χ1) is 14.2. The molecule has 158 valence electrons. The molecule has 1 atom stereocenters. The van der Waals surface area contributed by atoms with E-state index in [4.69, 9.17) is 4.42 Å². The molecule has 0 bridgehead atoms. The third kappa shape index (κ3) is 3.90. The number of piperidine rings is 1. The summed E-state index contributed by atoms with van der Waals surface area (Å²) in [5.74, 6) is -1.27. The highest BCUT2D eigenvalue weighted by Gasteiger charge is 2.33. The van der Waals surface area contributed by atoms with E-state index in [-0.39, 0.29) is 22.9 Å². The summed E-state index contributed by atoms with van der Waals surface area (Å²) in [5.41, 5.74) is 3.53. The number of sulfonamides is 1. The van der Waals surface area contributed by atoms with E-state index in [0.29, 0.717) is 30.6 Å². The number of carbonyl (C=O) groups excluding carboxylic acids is 1. The Kier molecular flexibility index (Phi) is 5.25. The number of benzene rings is 2. The van der Waals surface area contributed by atoms with E-state index in [2.05, 4.69) is 10.3 Å². The van der Waals surface area contributed by atoms with Gasteiger partial charge in [0, 0.05) is 24.8 Å². The lowest BCUT2D eigenvalue weighted by Crippen LogP contribution is -2.43. The molecular weight excluding hydrogens is 406 g/mol. The van der Waals surface area contributed by atoms with Crippen LogP contribution in [0.15, 0.2) is 50.5 Å². The summed E-state index contributed by atoms with van der Waals surface area (Å²) < 4.78 is 32.5. The van der Waals surface area contributed by atoms with Gasteiger partial charge in [-0.05, 0) is 62.1 Å². The van der Waals surface area contributed by atoms with E-state index in [1.54, 1.807) is 0 Å². The topological polar surface area (TPSA) is 112 Å². The van der Waals surface area contributed by atoms with Gasteiger partial charge in [-0.25, -0.2) is 13.2 Å². The molecule has 1 aliphatic heterocycles. The van der Waals surface area contributed by atoms with Gasteiger partial charge in [0.1, 0.15) is 0 Å². The number of anilines is 1. The summed E-state index contributed by atoms with van der Waals surface area (Å²) in [7, 11) is -3.82. The van der Waals surface area contributed by atoms with Crippen LogP contribution in [0.3, 0.4) is 0 Å². The number of H-pyrrole nitrogens is 1. The van der Waals surface area contributed by atoms with Crippen LogP contribution in [0.4, 0.5) is 5.69 Å². The fraction of sp³-hybridized carbons (Fsp3) is 0.333. The van der Waals surface area contributed by atoms with Crippen LogP contribution >= 0.6 is 0 Å². The van der Waals surface area contributed by atoms with Crippen molar-refractivity contribution in [1.82, 2.24) is 9.29 Å². The summed E-state index contributed by atoms with van der Waals surface area (Å²) in [6, 6.07) is 9.96. The minimum absolute atomic E-state index is 0.0352. The van der Waals surface area contributed by atoms with Crippen molar-refractivity contribution in [2.24, 2.45) is 5.92 Å². The lowest BCUT2D eigenvalue weighted by atomic mass is 9.98. The molecule has 2 heterocycles. The van der Waals surface area contributed by atoms with Gasteiger partial charge in [0.25, 0.3) is 0 Å². The van der Waals surface area contributed by atoms with Crippen molar-refractivity contribution in [3.63, 3.8) is 0 Å². The van der Waals surface area contributed by atoms with Crippen LogP contribution in [-0.4, -0.2) is 36.7 Å². The maximum atomic E-state index is 13.1. The first-order valence-corrected chi connectivity index (χ1v) is 11.2. The fourth-order valence-electron chi connectivity index (χ4n) is 3.67. The molecule has 0 unspecified atom stereocenters. The highest BCUT2D eigenvalue weighted by molar-refractivity contribution is 7.89. The predicted octanol–water partition coefficient (Wildman–Crippen LogP) is 2.78. The molecule has 1 aromatic heterocycles. The summed E-state index contributed by atoms with van der Waals surface area (Å²) in [4.78, 5) is 26.6. The number of aromatic amines is 1. The van der Waals surface area contributed by atoms with Gasteiger partial charge < -0.3 is 9.73 Å². The number of aryl methyl sites for hydroxylation is 2. The van der Waals surface area contributed by atoms with Crippen molar-refractivity contribution in [2.45, 2.75) is 31.6 Å². The van der Waals surface area contributed by atoms with E-state index in [1.165, 1.54) is 22.5 Å². The third-order valence-corrected chi connectivity index (χ3v) is 7.42. The van der Waals surface area contributed by atoms with E-state index < -0.39 is 21.7 Å². The molecule has 1 amide bonds. The largest absolute Gasteiger partial charge is 0.417 e. The van der Waals surface area contributed by atoms with Gasteiger partial charge in [0.2, 0.25) is 15.9 Å². The molecule has 4 rings (SSSR count). The predicted molar refractivity (Wildman–Crippen MR) is 113 cm³/mol. The molecule has 9 heteroatoms. The molecule has 3 aromatic rings. The van der Waals surface area contributed by atoms with Gasteiger partial charge >= 0.3 is 5.76 Å². The maximum Gasteiger partial charge on any atom is 0.417 e. The van der Waals surface area contributed by atoms with Crippen molar-refractivity contribution < 1.29 is 17.6 Å². The van der Waals surface area contributed by atoms with Crippen molar-refractivity contribution in [3.05, 3.63) is 58.1 Å². The summed E-state index contributed by atoms with van der Waals surface area (Å²) in [6.07, 6.45) is 1.21. The molecule has 1 aliphatic rings. The van der Waals surface area contributed by atoms with Gasteiger partial charge in [-0.2, -0.15) is 4.31 Å². The average molecular weight is 429 g/mol. The molecular formula is C21H23N3O5S. The number of oxazole rings is 1. The van der Waals surface area contributed by atoms with Gasteiger partial charge in [-0.15, -0.1) is 0 Å². The Morgan fingerprint density at radius 3 is 2.73 bits per heavy atom. The number of aromatic nitrogens is 1. The van der Waals surface area contributed by atoms with Crippen molar-refractivity contribution in [1.29, 1.82) is 0 Å². The molecule has 1 fully saturated rings. The van der Waals surface area contributed by atoms with Crippen LogP contribution in [0.2, 0.25) is 0 Å². The first-order valence-electron chi connectivity index (χ1n) is 9.75. The van der Waals surface area contributed by atoms with Crippen LogP contribution in [0.5, 0.6) is 0 Å². The Morgan fingerprint density at radius 2 is 1.97 bits per heavy atom. The van der Waals surface area contributed by atoms with Crippen molar-refractivity contribution in [3.8, 4) is 0 Å². The minimum atomic E-state index is -3.82. The first kappa shape index (κ1) is 20.4. The van der Waals surface area contributed by atoms with E-state index in [1.807, 2.05) is 32.0 Å². The smallest absolute Gasteiger partial charge is 0.408 e. The highest BCUT2D eigenvalue weighted by atomic mass is 32.2. The van der Waals surface area contributed by atoms with Gasteiger partial charge in [0.15, 0.2) is 5.58 Å². The van der Waals surface area contributed by atoms with Gasteiger partial charge in [-0.3, -0.25) is 9.78 Å². The van der Waals surface area contributed by atoms with Crippen molar-refractivity contribution in [2.75, 3.05) is 18.4 Å². The normalized spacial score (nSPS) is 17.9. The zero-order valence-electron chi connectivity index (χ0n) is 16.8. The number of carbonyl (C=O) groups is 1. The standard InChI is InChI=1S/C21H23N3O5S/c1-13-5-6-16(10-14(13)2)22-20(25)15-4-3-9-24(12-15)30(27,28)17-7-8-18-19(11-17)29-21(26)23-18/h5-8,10-11,15H,3-4,9,12H2,1-2H3,(H,22,25)(H,23,26)/t15-/m0/s1. The Balaban J connectivity index is 1.52. The second kappa shape index (κ2) is 7.73. The van der Waals surface area contributed by atoms with Crippen LogP contribution in [0.1, 0.15) is 24.0 Å². The summed E-state index contributed by atoms with van der Waals surface area (Å²) >= 11 is 0. The molecule has 30 heavy (non-hydrogen) atoms. The van der Waals surface area contributed by atoms with Gasteiger partial charge in [0.05, 0.1) is 16.3 Å². The summed E-state index contributed by atoms with van der Waals surface area (Å²) in [6.45, 7) is 4.42. The molecule has 2 aromatic carbocycles. The Morgan fingerprint density at radius 1 is 1.17 bits per heavy atom. The van der Waals surface area contributed by atoms with Gasteiger partial charge in [-0.1, -0.05) is 6.07 Å². The third-order valence-electron chi connectivity index (χ3n) is 5.56. The molecule has 1 saturated heterocycles. The fourth-order valence-corrected chi connectivity index (χ4v) is 5.21. The molecule has 0 saturated carbocycles. The SMILES string of the molecule is Cc1ccc(NC(=O)[C@H]2CCCN(S(=O)(=O)c3ccc4[nH]c(=O)oc4c3)C2)cc1C. The van der Waals surface area contributed by atoms with E-state index >= 15 is 0 Å². The monoisotopic (exact) mass is 429 g/mol. The van der Waals surface area contributed by atoms with Crippen LogP contribution in [-0.2, 0) is 14.8 Å². The average Bonchev–Trinajstić information content (AvgIpc) is 3.10. The second-order valence-corrected chi connectivity index (χ2v) is 9.60. The highest BCUT2D eigenvalue weighted by Crippen LogP contribution is 2.26. The van der Waals surface area contributed by atoms with Crippen LogP contribution < -0.4 is 11.1 Å². The lowest BCUT2D eigenvalue weighted by molar-refractivity contribution is -0.120. The number of amides is 1. The maximum absolute atomic E-state index is 13.1. The number of rotatable bonds is 4. The minimum Gasteiger partial charge on any atom is -0.408 e. The van der Waals surface area contributed by atoms with Crippen LogP contribution in [0, 0.1) is 19.8 Å². The second-order valence-electron chi connectivity index (χ2n) is 7.66. The molecule has 0 spiro atoms. The molecule has 2 N–H and O–H groups in total. The Labute approximate surface area is 173 Å². The molecule has 0 radical (unpaired) electrons. The zero-order chi connectivity index (χ0) is 21.5. The molecule has 8 nitrogen and oxygen atoms in total. The lowest BCUT2D eigenvalue weighted by Gasteiger charge is -2.31. The van der Waals surface area contributed by atoms with E-state index in [0.717, 1.165) is 11.1 Å². The molecule has 0 aliphatic carbocycles. The Hall–Kier alpha value is -2.91. The quantitative estimate of drug-likeness (QED) is 0.662. The Bertz CT molecular complexity index is 1280. The number of hydrogen-bond acceptors (Lipinski definition) is 5.